The number of hydrogen-bond donors (Lipinski definition) is 1. The molecule has 2 aliphatic heterocycles. The lowest BCUT2D eigenvalue weighted by atomic mass is 9.82. The Kier molecular flexibility index (Phi) is 7.30. The van der Waals surface area contributed by atoms with Crippen molar-refractivity contribution < 1.29 is 32.4 Å². The maximum atomic E-state index is 14.0. The van der Waals surface area contributed by atoms with E-state index in [0.29, 0.717) is 20.4 Å². The first-order valence-electron chi connectivity index (χ1n) is 12.5. The first-order valence-corrected chi connectivity index (χ1v) is 14.6. The van der Waals surface area contributed by atoms with Crippen LogP contribution in [-0.4, -0.2) is 27.0 Å². The van der Waals surface area contributed by atoms with E-state index in [1.807, 2.05) is 0 Å². The van der Waals surface area contributed by atoms with E-state index in [1.54, 1.807) is 24.3 Å². The number of rotatable bonds is 6. The van der Waals surface area contributed by atoms with Gasteiger partial charge in [0.25, 0.3) is 5.69 Å². The second-order valence-corrected chi connectivity index (χ2v) is 12.3. The Labute approximate surface area is 253 Å². The Morgan fingerprint density at radius 3 is 2.51 bits per heavy atom. The fourth-order valence-electron chi connectivity index (χ4n) is 5.31. The van der Waals surface area contributed by atoms with E-state index in [9.17, 15) is 37.7 Å². The van der Waals surface area contributed by atoms with Crippen LogP contribution in [0, 0.1) is 16.0 Å². The number of para-hydroxylation sites is 1. The van der Waals surface area contributed by atoms with E-state index >= 15 is 0 Å². The smallest absolute Gasteiger partial charge is 0.418 e. The summed E-state index contributed by atoms with van der Waals surface area (Å²) < 4.78 is 47.8. The van der Waals surface area contributed by atoms with Gasteiger partial charge in [-0.3, -0.25) is 24.5 Å². The first kappa shape index (κ1) is 29.0. The number of carbonyl (C=O) groups is 2. The minimum absolute atomic E-state index is 0.0187. The van der Waals surface area contributed by atoms with E-state index < -0.39 is 56.1 Å². The molecule has 3 aromatic carbocycles. The zero-order chi connectivity index (χ0) is 30.6. The molecule has 15 heteroatoms. The Morgan fingerprint density at radius 1 is 1.02 bits per heavy atom. The van der Waals surface area contributed by atoms with Gasteiger partial charge < -0.3 is 9.72 Å². The fourth-order valence-corrected chi connectivity index (χ4v) is 8.03. The standard InChI is InChI=1S/C28H17ClF3N3O6S2/c29-14-5-3-4-13(10-14)12-41-19-9-8-15(35(39)40)11-16(19)20-21-23(42-24-22(20)43-27(38)33-24)26(37)34(25(21)36)18-7-2-1-6-17(18)28(30,31)32/h1-11,20-21,23H,12H2,(H,33,38)/t20-,21?,23?/m1/s1. The highest BCUT2D eigenvalue weighted by atomic mass is 35.5. The van der Waals surface area contributed by atoms with Crippen molar-refractivity contribution in [1.29, 1.82) is 0 Å². The maximum Gasteiger partial charge on any atom is 0.418 e. The van der Waals surface area contributed by atoms with Crippen LogP contribution < -0.4 is 14.5 Å². The zero-order valence-electron chi connectivity index (χ0n) is 21.5. The number of hydrogen-bond acceptors (Lipinski definition) is 8. The Hall–Kier alpha value is -4.14. The number of thioether (sulfide) groups is 1. The van der Waals surface area contributed by atoms with Crippen LogP contribution in [0.4, 0.5) is 24.5 Å². The van der Waals surface area contributed by atoms with E-state index in [4.69, 9.17) is 16.3 Å². The normalized spacial score (nSPS) is 19.7. The number of aromatic nitrogens is 1. The molecule has 1 aromatic heterocycles. The molecule has 43 heavy (non-hydrogen) atoms. The lowest BCUT2D eigenvalue weighted by molar-refractivity contribution is -0.385. The number of non-ortho nitro benzene ring substituents is 1. The number of imide groups is 1. The van der Waals surface area contributed by atoms with Gasteiger partial charge in [0.05, 0.1) is 27.1 Å². The molecule has 220 valence electrons. The maximum absolute atomic E-state index is 14.0. The number of H-pyrrole nitrogens is 1. The second kappa shape index (κ2) is 10.8. The summed E-state index contributed by atoms with van der Waals surface area (Å²) >= 11 is 7.70. The topological polar surface area (TPSA) is 123 Å². The molecule has 2 amide bonds. The van der Waals surface area contributed by atoms with Crippen molar-refractivity contribution >= 4 is 57.9 Å². The highest BCUT2D eigenvalue weighted by Crippen LogP contribution is 2.55. The number of nitrogens with one attached hydrogen (secondary N) is 1. The molecule has 9 nitrogen and oxygen atoms in total. The number of ether oxygens (including phenoxy) is 1. The van der Waals surface area contributed by atoms with E-state index in [2.05, 4.69) is 4.98 Å². The summed E-state index contributed by atoms with van der Waals surface area (Å²) in [4.78, 5) is 54.3. The molecule has 0 bridgehead atoms. The number of alkyl halides is 3. The molecule has 6 rings (SSSR count). The lowest BCUT2D eigenvalue weighted by Gasteiger charge is -2.30. The summed E-state index contributed by atoms with van der Waals surface area (Å²) in [5.74, 6) is -4.12. The van der Waals surface area contributed by atoms with Crippen molar-refractivity contribution in [2.75, 3.05) is 4.90 Å². The van der Waals surface area contributed by atoms with Crippen molar-refractivity contribution in [3.05, 3.63) is 113 Å². The van der Waals surface area contributed by atoms with Gasteiger partial charge >= 0.3 is 11.0 Å². The monoisotopic (exact) mass is 647 g/mol. The van der Waals surface area contributed by atoms with Gasteiger partial charge in [0.15, 0.2) is 0 Å². The van der Waals surface area contributed by atoms with E-state index in [1.165, 1.54) is 24.3 Å². The molecule has 3 atom stereocenters. The molecule has 0 saturated carbocycles. The minimum Gasteiger partial charge on any atom is -0.489 e. The Morgan fingerprint density at radius 2 is 1.79 bits per heavy atom. The van der Waals surface area contributed by atoms with Gasteiger partial charge in [0.1, 0.15) is 17.6 Å². The molecule has 4 aromatic rings. The van der Waals surface area contributed by atoms with E-state index in [0.717, 1.165) is 41.3 Å². The summed E-state index contributed by atoms with van der Waals surface area (Å²) in [6, 6.07) is 14.8. The third-order valence-corrected chi connectivity index (χ3v) is 9.73. The van der Waals surface area contributed by atoms with Crippen LogP contribution in [0.2, 0.25) is 5.02 Å². The first-order chi connectivity index (χ1) is 20.4. The number of amides is 2. The SMILES string of the molecule is O=C1C2Sc3[nH]c(=O)sc3[C@H](c3cc([N+](=O)[O-])ccc3OCc3cccc(Cl)c3)C2C(=O)N1c1ccccc1C(F)(F)F. The van der Waals surface area contributed by atoms with Gasteiger partial charge in [0, 0.05) is 33.5 Å². The van der Waals surface area contributed by atoms with Gasteiger partial charge in [-0.2, -0.15) is 13.2 Å². The Balaban J connectivity index is 1.50. The van der Waals surface area contributed by atoms with Crippen molar-refractivity contribution in [2.24, 2.45) is 5.92 Å². The summed E-state index contributed by atoms with van der Waals surface area (Å²) in [6.45, 7) is -0.0187. The van der Waals surface area contributed by atoms with Crippen molar-refractivity contribution in [1.82, 2.24) is 4.98 Å². The largest absolute Gasteiger partial charge is 0.489 e. The number of aromatic amines is 1. The Bertz CT molecular complexity index is 1860. The van der Waals surface area contributed by atoms with Crippen LogP contribution in [0.1, 0.15) is 27.5 Å². The number of nitro benzene ring substituents is 1. The predicted molar refractivity (Wildman–Crippen MR) is 153 cm³/mol. The molecular formula is C28H17ClF3N3O6S2. The quantitative estimate of drug-likeness (QED) is 0.146. The highest BCUT2D eigenvalue weighted by Gasteiger charge is 2.58. The molecule has 1 N–H and O–H groups in total. The second-order valence-electron chi connectivity index (χ2n) is 9.67. The van der Waals surface area contributed by atoms with Crippen molar-refractivity contribution in [2.45, 2.75) is 29.0 Å². The van der Waals surface area contributed by atoms with Crippen molar-refractivity contribution in [3.63, 3.8) is 0 Å². The lowest BCUT2D eigenvalue weighted by Crippen LogP contribution is -2.33. The number of benzene rings is 3. The van der Waals surface area contributed by atoms with Crippen LogP contribution in [0.25, 0.3) is 0 Å². The number of thiazole rings is 1. The van der Waals surface area contributed by atoms with Gasteiger partial charge in [-0.1, -0.05) is 59.0 Å². The van der Waals surface area contributed by atoms with Gasteiger partial charge in [-0.25, -0.2) is 4.90 Å². The third kappa shape index (κ3) is 5.19. The van der Waals surface area contributed by atoms with Crippen LogP contribution in [0.15, 0.2) is 76.6 Å². The molecule has 0 aliphatic carbocycles. The number of carbonyl (C=O) groups excluding carboxylic acids is 2. The van der Waals surface area contributed by atoms with E-state index in [-0.39, 0.29) is 28.6 Å². The summed E-state index contributed by atoms with van der Waals surface area (Å²) in [5.41, 5.74) is -1.33. The molecular weight excluding hydrogens is 631 g/mol. The van der Waals surface area contributed by atoms with Gasteiger partial charge in [0.2, 0.25) is 11.8 Å². The molecule has 0 radical (unpaired) electrons. The minimum atomic E-state index is -4.86. The number of anilines is 1. The molecule has 0 spiro atoms. The van der Waals surface area contributed by atoms with Crippen LogP contribution >= 0.6 is 34.7 Å². The predicted octanol–water partition coefficient (Wildman–Crippen LogP) is 6.39. The average molecular weight is 648 g/mol. The van der Waals surface area contributed by atoms with Gasteiger partial charge in [-0.05, 0) is 35.9 Å². The fraction of sp³-hybridized carbons (Fsp3) is 0.179. The number of nitrogens with zero attached hydrogens (tertiary/aromatic N) is 2. The van der Waals surface area contributed by atoms with Crippen LogP contribution in [-0.2, 0) is 22.4 Å². The summed E-state index contributed by atoms with van der Waals surface area (Å²) in [5, 5.41) is 11.3. The van der Waals surface area contributed by atoms with Gasteiger partial charge in [-0.15, -0.1) is 0 Å². The highest BCUT2D eigenvalue weighted by molar-refractivity contribution is 8.00. The van der Waals surface area contributed by atoms with Crippen molar-refractivity contribution in [3.8, 4) is 5.75 Å². The average Bonchev–Trinajstić information content (AvgIpc) is 3.45. The number of fused-ring (bicyclic) bond motifs is 2. The molecule has 1 fully saturated rings. The molecule has 3 heterocycles. The molecule has 1 saturated heterocycles. The summed E-state index contributed by atoms with van der Waals surface area (Å²) in [7, 11) is 0. The van der Waals surface area contributed by atoms with Crippen LogP contribution in [0.5, 0.6) is 5.75 Å². The molecule has 2 aliphatic rings. The number of nitro groups is 1. The third-order valence-electron chi connectivity index (χ3n) is 7.10. The number of halogens is 4. The van der Waals surface area contributed by atoms with Crippen LogP contribution in [0.3, 0.4) is 0 Å². The summed E-state index contributed by atoms with van der Waals surface area (Å²) in [6.07, 6.45) is -4.86. The molecule has 2 unspecified atom stereocenters. The zero-order valence-corrected chi connectivity index (χ0v) is 23.9.